The van der Waals surface area contributed by atoms with Crippen molar-refractivity contribution in [3.05, 3.63) is 193 Å². The number of rotatable bonds is 6. The molecule has 13 rings (SSSR count). The second-order valence-electron chi connectivity index (χ2n) is 16.7. The highest BCUT2D eigenvalue weighted by atomic mass is 32.1. The van der Waals surface area contributed by atoms with Gasteiger partial charge in [0, 0.05) is 43.7 Å². The van der Waals surface area contributed by atoms with Crippen molar-refractivity contribution in [2.75, 3.05) is 0 Å². The normalized spacial score (nSPS) is 12.1. The van der Waals surface area contributed by atoms with Gasteiger partial charge in [0.15, 0.2) is 0 Å². The minimum Gasteiger partial charge on any atom is -0.309 e. The molecule has 0 spiro atoms. The summed E-state index contributed by atoms with van der Waals surface area (Å²) in [7, 11) is 0. The smallest absolute Gasteiger partial charge is 0.109 e. The Morgan fingerprint density at radius 2 is 0.746 bits per heavy atom. The monoisotopic (exact) mass is 824 g/mol. The lowest BCUT2D eigenvalue weighted by atomic mass is 9.95. The van der Waals surface area contributed by atoms with E-state index in [1.165, 1.54) is 65.5 Å². The van der Waals surface area contributed by atoms with Crippen LogP contribution in [0.25, 0.3) is 119 Å². The molecule has 0 amide bonds. The Balaban J connectivity index is 1.15. The number of aromatic nitrogens is 4. The van der Waals surface area contributed by atoms with Gasteiger partial charge in [-0.15, -0.1) is 11.3 Å². The minimum absolute atomic E-state index is 0.933. The molecule has 4 nitrogen and oxygen atoms in total. The fourth-order valence-corrected chi connectivity index (χ4v) is 11.3. The Labute approximate surface area is 367 Å². The van der Waals surface area contributed by atoms with Crippen molar-refractivity contribution in [3.63, 3.8) is 0 Å². The minimum atomic E-state index is 0.933. The molecule has 4 aromatic heterocycles. The van der Waals surface area contributed by atoms with Gasteiger partial charge in [0.05, 0.1) is 42.9 Å². The third-order valence-electron chi connectivity index (χ3n) is 13.2. The lowest BCUT2D eigenvalue weighted by molar-refractivity contribution is 1.14. The van der Waals surface area contributed by atoms with Gasteiger partial charge in [0.2, 0.25) is 0 Å². The Morgan fingerprint density at radius 1 is 0.349 bits per heavy atom. The van der Waals surface area contributed by atoms with Gasteiger partial charge in [-0.05, 0) is 107 Å². The van der Waals surface area contributed by atoms with E-state index < -0.39 is 0 Å². The largest absolute Gasteiger partial charge is 0.309 e. The van der Waals surface area contributed by atoms with Gasteiger partial charge in [0.1, 0.15) is 11.0 Å². The van der Waals surface area contributed by atoms with Crippen LogP contribution >= 0.6 is 11.3 Å². The van der Waals surface area contributed by atoms with Gasteiger partial charge in [-0.3, -0.25) is 0 Å². The Bertz CT molecular complexity index is 3730. The van der Waals surface area contributed by atoms with Crippen molar-refractivity contribution in [2.24, 2.45) is 0 Å². The van der Waals surface area contributed by atoms with E-state index in [-0.39, 0.29) is 0 Å². The number of benzene rings is 9. The van der Waals surface area contributed by atoms with Crippen LogP contribution < -0.4 is 0 Å². The van der Waals surface area contributed by atoms with Gasteiger partial charge in [0.25, 0.3) is 0 Å². The summed E-state index contributed by atoms with van der Waals surface area (Å²) < 4.78 is 4.80. The topological polar surface area (TPSA) is 35.6 Å². The first-order valence-corrected chi connectivity index (χ1v) is 22.8. The zero-order valence-electron chi connectivity index (χ0n) is 34.9. The number of thiophene rings is 1. The fraction of sp³-hybridized carbons (Fsp3) is 0.0690. The first kappa shape index (κ1) is 36.1. The number of hydrogen-bond acceptors (Lipinski definition) is 3. The second-order valence-corrected chi connectivity index (χ2v) is 17.7. The average molecular weight is 825 g/mol. The van der Waals surface area contributed by atoms with E-state index >= 15 is 0 Å². The Hall–Kier alpha value is -7.60. The lowest BCUT2D eigenvalue weighted by Gasteiger charge is -2.12. The molecular formula is C58H40N4S. The van der Waals surface area contributed by atoms with Crippen LogP contribution in [0.15, 0.2) is 182 Å². The van der Waals surface area contributed by atoms with Crippen LogP contribution in [0, 0.1) is 0 Å². The molecule has 0 saturated carbocycles. The van der Waals surface area contributed by atoms with Crippen molar-refractivity contribution in [1.82, 2.24) is 19.1 Å². The predicted molar refractivity (Wildman–Crippen MR) is 268 cm³/mol. The molecule has 0 aliphatic heterocycles. The SMILES string of the molecule is CCc1ccc2c3ccc(CC)cc3c3nc4c(-c5ccc6c7ccccc7n(-c7ccccc7)c6c5)sc(-c5ccc6c7ccccc7n(-c7ccccc7)c6c5)c4nc3c2c1. The van der Waals surface area contributed by atoms with Gasteiger partial charge < -0.3 is 9.13 Å². The highest BCUT2D eigenvalue weighted by molar-refractivity contribution is 7.20. The van der Waals surface area contributed by atoms with E-state index in [1.807, 2.05) is 0 Å². The molecule has 63 heavy (non-hydrogen) atoms. The molecule has 0 unspecified atom stereocenters. The van der Waals surface area contributed by atoms with Crippen molar-refractivity contribution in [2.45, 2.75) is 26.7 Å². The summed E-state index contributed by atoms with van der Waals surface area (Å²) in [4.78, 5) is 13.9. The zero-order valence-corrected chi connectivity index (χ0v) is 35.7. The van der Waals surface area contributed by atoms with E-state index in [2.05, 4.69) is 205 Å². The summed E-state index contributed by atoms with van der Waals surface area (Å²) in [5.74, 6) is 0. The van der Waals surface area contributed by atoms with E-state index in [4.69, 9.17) is 9.97 Å². The van der Waals surface area contributed by atoms with Gasteiger partial charge >= 0.3 is 0 Å². The maximum absolute atomic E-state index is 5.81. The molecule has 0 aliphatic carbocycles. The van der Waals surface area contributed by atoms with E-state index in [0.29, 0.717) is 0 Å². The molecule has 298 valence electrons. The van der Waals surface area contributed by atoms with Crippen molar-refractivity contribution in [3.8, 4) is 32.3 Å². The van der Waals surface area contributed by atoms with E-state index in [0.717, 1.165) is 77.9 Å². The number of aryl methyl sites for hydroxylation is 2. The predicted octanol–water partition coefficient (Wildman–Crippen LogP) is 15.8. The first-order chi connectivity index (χ1) is 31.1. The van der Waals surface area contributed by atoms with Crippen LogP contribution in [0.5, 0.6) is 0 Å². The van der Waals surface area contributed by atoms with Crippen molar-refractivity contribution < 1.29 is 0 Å². The molecule has 9 aromatic carbocycles. The van der Waals surface area contributed by atoms with Gasteiger partial charge in [-0.25, -0.2) is 9.97 Å². The van der Waals surface area contributed by atoms with Crippen LogP contribution in [0.4, 0.5) is 0 Å². The Kier molecular flexibility index (Phi) is 8.00. The quantitative estimate of drug-likeness (QED) is 0.157. The van der Waals surface area contributed by atoms with Gasteiger partial charge in [-0.1, -0.05) is 135 Å². The number of nitrogens with zero attached hydrogens (tertiary/aromatic N) is 4. The molecule has 0 saturated heterocycles. The van der Waals surface area contributed by atoms with E-state index in [1.54, 1.807) is 11.3 Å². The third kappa shape index (κ3) is 5.39. The molecule has 0 atom stereocenters. The standard InChI is InChI=1S/C58H40N4S/c1-3-35-23-27-41-42-28-24-36(4-2)32-48(42)54-53(47(41)31-35)59-55-56(60-54)58(38-26-30-46-44-20-12-14-22-50(44)62(52(46)34-38)40-17-9-6-10-18-40)63-57(55)37-25-29-45-43-19-11-13-21-49(43)61(51(45)33-37)39-15-7-5-8-16-39/h5-34H,3-4H2,1-2H3. The summed E-state index contributed by atoms with van der Waals surface area (Å²) in [5, 5.41) is 9.68. The fourth-order valence-electron chi connectivity index (χ4n) is 10.1. The van der Waals surface area contributed by atoms with Crippen molar-refractivity contribution in [1.29, 1.82) is 0 Å². The summed E-state index contributed by atoms with van der Waals surface area (Å²) in [6.45, 7) is 4.45. The zero-order chi connectivity index (χ0) is 41.8. The van der Waals surface area contributed by atoms with Crippen LogP contribution in [0.3, 0.4) is 0 Å². The number of fused-ring (bicyclic) bond motifs is 13. The summed E-state index contributed by atoms with van der Waals surface area (Å²) in [6, 6.07) is 66.7. The maximum atomic E-state index is 5.81. The number of para-hydroxylation sites is 4. The number of hydrogen-bond donors (Lipinski definition) is 0. The Morgan fingerprint density at radius 3 is 1.19 bits per heavy atom. The summed E-state index contributed by atoms with van der Waals surface area (Å²) in [5.41, 5.74) is 15.6. The molecule has 5 heteroatoms. The molecule has 0 fully saturated rings. The molecule has 13 aromatic rings. The molecule has 0 N–H and O–H groups in total. The molecular weight excluding hydrogens is 785 g/mol. The molecule has 4 heterocycles. The second kappa shape index (κ2) is 14.0. The molecule has 0 aliphatic rings. The third-order valence-corrected chi connectivity index (χ3v) is 14.5. The average Bonchev–Trinajstić information content (AvgIpc) is 4.01. The van der Waals surface area contributed by atoms with Crippen LogP contribution in [0.1, 0.15) is 25.0 Å². The first-order valence-electron chi connectivity index (χ1n) is 21.9. The van der Waals surface area contributed by atoms with Crippen molar-refractivity contribution >= 4 is 98.6 Å². The van der Waals surface area contributed by atoms with E-state index in [9.17, 15) is 0 Å². The summed E-state index contributed by atoms with van der Waals surface area (Å²) >= 11 is 1.81. The molecule has 0 radical (unpaired) electrons. The highest BCUT2D eigenvalue weighted by Gasteiger charge is 2.24. The molecule has 0 bridgehead atoms. The summed E-state index contributed by atoms with van der Waals surface area (Å²) in [6.07, 6.45) is 1.90. The lowest BCUT2D eigenvalue weighted by Crippen LogP contribution is -1.94. The maximum Gasteiger partial charge on any atom is 0.109 e. The highest BCUT2D eigenvalue weighted by Crippen LogP contribution is 2.47. The van der Waals surface area contributed by atoms with Crippen LogP contribution in [-0.2, 0) is 12.8 Å². The van der Waals surface area contributed by atoms with Crippen LogP contribution in [-0.4, -0.2) is 19.1 Å². The van der Waals surface area contributed by atoms with Gasteiger partial charge in [-0.2, -0.15) is 0 Å². The van der Waals surface area contributed by atoms with Crippen LogP contribution in [0.2, 0.25) is 0 Å².